The molecule has 0 aliphatic carbocycles. The summed E-state index contributed by atoms with van der Waals surface area (Å²) in [6, 6.07) is 7.44. The maximum absolute atomic E-state index is 12.5. The Morgan fingerprint density at radius 3 is 2.48 bits per heavy atom. The van der Waals surface area contributed by atoms with E-state index in [0.717, 1.165) is 0 Å². The predicted octanol–water partition coefficient (Wildman–Crippen LogP) is 2.82. The number of rotatable bonds is 3. The maximum Gasteiger partial charge on any atom is 0.174 e. The Morgan fingerprint density at radius 1 is 1.04 bits per heavy atom. The number of carbonyl (C=O) groups is 1. The number of hydrogen-bond acceptors (Lipinski definition) is 6. The van der Waals surface area contributed by atoms with Crippen LogP contribution in [-0.2, 0) is 0 Å². The quantitative estimate of drug-likeness (QED) is 0.905. The van der Waals surface area contributed by atoms with Crippen LogP contribution in [0.5, 0.6) is 28.7 Å². The van der Waals surface area contributed by atoms with Crippen molar-refractivity contribution in [2.45, 2.75) is 12.5 Å². The predicted molar refractivity (Wildman–Crippen MR) is 81.6 cm³/mol. The largest absolute Gasteiger partial charge is 0.508 e. The molecule has 2 aromatic rings. The molecule has 3 rings (SSSR count). The smallest absolute Gasteiger partial charge is 0.174 e. The maximum atomic E-state index is 12.5. The zero-order chi connectivity index (χ0) is 16.6. The van der Waals surface area contributed by atoms with Crippen LogP contribution >= 0.6 is 0 Å². The van der Waals surface area contributed by atoms with E-state index in [1.54, 1.807) is 6.07 Å². The summed E-state index contributed by atoms with van der Waals surface area (Å²) in [6.45, 7) is 0. The summed E-state index contributed by atoms with van der Waals surface area (Å²) in [5.74, 6) is 0.810. The van der Waals surface area contributed by atoms with Crippen molar-refractivity contribution in [2.24, 2.45) is 0 Å². The number of ketones is 1. The second kappa shape index (κ2) is 5.72. The van der Waals surface area contributed by atoms with Gasteiger partial charge in [0.2, 0.25) is 0 Å². The fraction of sp³-hybridized carbons (Fsp3) is 0.235. The Bertz CT molecular complexity index is 768. The van der Waals surface area contributed by atoms with Crippen molar-refractivity contribution in [3.63, 3.8) is 0 Å². The molecular weight excluding hydrogens is 300 g/mol. The lowest BCUT2D eigenvalue weighted by molar-refractivity contribution is 0.0843. The van der Waals surface area contributed by atoms with Crippen molar-refractivity contribution in [3.8, 4) is 28.7 Å². The second-order valence-corrected chi connectivity index (χ2v) is 5.22. The molecule has 0 saturated carbocycles. The van der Waals surface area contributed by atoms with Crippen LogP contribution in [0, 0.1) is 0 Å². The minimum atomic E-state index is -0.581. The molecule has 2 N–H and O–H groups in total. The van der Waals surface area contributed by atoms with Gasteiger partial charge in [-0.1, -0.05) is 0 Å². The van der Waals surface area contributed by atoms with Gasteiger partial charge in [-0.05, 0) is 12.1 Å². The first-order chi connectivity index (χ1) is 11.0. The van der Waals surface area contributed by atoms with Crippen molar-refractivity contribution in [2.75, 3.05) is 14.2 Å². The summed E-state index contributed by atoms with van der Waals surface area (Å²) < 4.78 is 16.1. The van der Waals surface area contributed by atoms with E-state index in [4.69, 9.17) is 14.2 Å². The van der Waals surface area contributed by atoms with E-state index in [1.807, 2.05) is 0 Å². The van der Waals surface area contributed by atoms with Crippen molar-refractivity contribution in [1.29, 1.82) is 0 Å². The SMILES string of the molecule is COc1cc(O)cc([C@@H]2CC(=O)c3c(OC)cc(O)cc3O2)c1. The zero-order valence-corrected chi connectivity index (χ0v) is 12.7. The lowest BCUT2D eigenvalue weighted by Crippen LogP contribution is -2.21. The number of fused-ring (bicyclic) bond motifs is 1. The van der Waals surface area contributed by atoms with E-state index in [0.29, 0.717) is 16.9 Å². The monoisotopic (exact) mass is 316 g/mol. The Labute approximate surface area is 132 Å². The van der Waals surface area contributed by atoms with E-state index in [2.05, 4.69) is 0 Å². The van der Waals surface area contributed by atoms with Gasteiger partial charge in [0.15, 0.2) is 5.78 Å². The summed E-state index contributed by atoms with van der Waals surface area (Å²) in [4.78, 5) is 12.5. The van der Waals surface area contributed by atoms with Gasteiger partial charge in [-0.15, -0.1) is 0 Å². The van der Waals surface area contributed by atoms with E-state index in [9.17, 15) is 15.0 Å². The van der Waals surface area contributed by atoms with Crippen LogP contribution in [0.25, 0.3) is 0 Å². The minimum Gasteiger partial charge on any atom is -0.508 e. The third-order valence-electron chi connectivity index (χ3n) is 3.71. The molecule has 6 heteroatoms. The first-order valence-electron chi connectivity index (χ1n) is 7.00. The standard InChI is InChI=1S/C17H16O6/c1-21-12-4-9(3-10(18)5-12)14-8-13(20)17-15(22-2)6-11(19)7-16(17)23-14/h3-7,14,18-19H,8H2,1-2H3/t14-/m0/s1. The molecule has 6 nitrogen and oxygen atoms in total. The third kappa shape index (κ3) is 2.75. The third-order valence-corrected chi connectivity index (χ3v) is 3.71. The van der Waals surface area contributed by atoms with Gasteiger partial charge < -0.3 is 24.4 Å². The summed E-state index contributed by atoms with van der Waals surface area (Å²) >= 11 is 0. The number of hydrogen-bond donors (Lipinski definition) is 2. The second-order valence-electron chi connectivity index (χ2n) is 5.22. The highest BCUT2D eigenvalue weighted by Gasteiger charge is 2.31. The number of ether oxygens (including phenoxy) is 3. The molecule has 0 aromatic heterocycles. The number of benzene rings is 2. The number of aromatic hydroxyl groups is 2. The van der Waals surface area contributed by atoms with Gasteiger partial charge in [-0.2, -0.15) is 0 Å². The molecular formula is C17H16O6. The summed E-state index contributed by atoms with van der Waals surface area (Å²) in [5, 5.41) is 19.5. The van der Waals surface area contributed by atoms with Crippen LogP contribution in [0.2, 0.25) is 0 Å². The van der Waals surface area contributed by atoms with Crippen LogP contribution in [0.4, 0.5) is 0 Å². The number of phenolic OH excluding ortho intramolecular Hbond substituents is 2. The van der Waals surface area contributed by atoms with Crippen LogP contribution in [-0.4, -0.2) is 30.2 Å². The van der Waals surface area contributed by atoms with Crippen molar-refractivity contribution in [1.82, 2.24) is 0 Å². The van der Waals surface area contributed by atoms with Gasteiger partial charge >= 0.3 is 0 Å². The average Bonchev–Trinajstić information content (AvgIpc) is 2.52. The van der Waals surface area contributed by atoms with Gasteiger partial charge in [-0.25, -0.2) is 0 Å². The molecule has 0 fully saturated rings. The van der Waals surface area contributed by atoms with E-state index in [-0.39, 0.29) is 35.2 Å². The highest BCUT2D eigenvalue weighted by Crippen LogP contribution is 2.42. The number of phenols is 2. The van der Waals surface area contributed by atoms with E-state index >= 15 is 0 Å². The average molecular weight is 316 g/mol. The fourth-order valence-electron chi connectivity index (χ4n) is 2.67. The molecule has 1 heterocycles. The molecule has 120 valence electrons. The number of methoxy groups -OCH3 is 2. The number of Topliss-reactive ketones (excluding diaryl/α,β-unsaturated/α-hetero) is 1. The topological polar surface area (TPSA) is 85.2 Å². The molecule has 0 radical (unpaired) electrons. The highest BCUT2D eigenvalue weighted by atomic mass is 16.5. The molecule has 2 aromatic carbocycles. The lowest BCUT2D eigenvalue weighted by atomic mass is 9.95. The Balaban J connectivity index is 2.02. The summed E-state index contributed by atoms with van der Waals surface area (Å²) in [7, 11) is 2.91. The lowest BCUT2D eigenvalue weighted by Gasteiger charge is -2.27. The minimum absolute atomic E-state index is 0.0229. The van der Waals surface area contributed by atoms with Crippen LogP contribution < -0.4 is 14.2 Å². The van der Waals surface area contributed by atoms with Gasteiger partial charge in [0.05, 0.1) is 20.6 Å². The molecule has 0 unspecified atom stereocenters. The van der Waals surface area contributed by atoms with Crippen molar-refractivity contribution < 1.29 is 29.2 Å². The van der Waals surface area contributed by atoms with Crippen LogP contribution in [0.3, 0.4) is 0 Å². The summed E-state index contributed by atoms with van der Waals surface area (Å²) in [5.41, 5.74) is 0.928. The zero-order valence-electron chi connectivity index (χ0n) is 12.7. The van der Waals surface area contributed by atoms with Crippen LogP contribution in [0.15, 0.2) is 30.3 Å². The number of carbonyl (C=O) groups excluding carboxylic acids is 1. The molecule has 0 spiro atoms. The van der Waals surface area contributed by atoms with Gasteiger partial charge in [0.1, 0.15) is 40.4 Å². The van der Waals surface area contributed by atoms with Gasteiger partial charge in [0, 0.05) is 23.8 Å². The molecule has 1 aliphatic rings. The van der Waals surface area contributed by atoms with Gasteiger partial charge in [0.25, 0.3) is 0 Å². The Kier molecular flexibility index (Phi) is 3.73. The molecule has 0 bridgehead atoms. The summed E-state index contributed by atoms with van der Waals surface area (Å²) in [6.07, 6.45) is -0.483. The first-order valence-corrected chi connectivity index (χ1v) is 7.00. The highest BCUT2D eigenvalue weighted by molar-refractivity contribution is 6.02. The molecule has 23 heavy (non-hydrogen) atoms. The molecule has 0 saturated heterocycles. The first kappa shape index (κ1) is 15.0. The van der Waals surface area contributed by atoms with E-state index < -0.39 is 6.10 Å². The molecule has 1 atom stereocenters. The molecule has 0 amide bonds. The fourth-order valence-corrected chi connectivity index (χ4v) is 2.67. The van der Waals surface area contributed by atoms with Gasteiger partial charge in [-0.3, -0.25) is 4.79 Å². The normalized spacial score (nSPS) is 16.4. The molecule has 1 aliphatic heterocycles. The Hall–Kier alpha value is -2.89. The van der Waals surface area contributed by atoms with Crippen molar-refractivity contribution in [3.05, 3.63) is 41.5 Å². The van der Waals surface area contributed by atoms with Crippen LogP contribution in [0.1, 0.15) is 28.4 Å². The van der Waals surface area contributed by atoms with E-state index in [1.165, 1.54) is 38.5 Å². The van der Waals surface area contributed by atoms with Crippen molar-refractivity contribution >= 4 is 5.78 Å². The Morgan fingerprint density at radius 2 is 1.78 bits per heavy atom.